The largest absolute Gasteiger partial charge is 0.494 e. The number of nitrogens with zero attached hydrogens (tertiary/aromatic N) is 1. The monoisotopic (exact) mass is 433 g/mol. The summed E-state index contributed by atoms with van der Waals surface area (Å²) in [4.78, 5) is 16.4. The quantitative estimate of drug-likeness (QED) is 0.624. The maximum Gasteiger partial charge on any atom is 0.335 e. The second-order valence-corrected chi connectivity index (χ2v) is 7.21. The van der Waals surface area contributed by atoms with E-state index in [1.807, 2.05) is 24.3 Å². The number of hydrogen-bond donors (Lipinski definition) is 2. The number of aliphatic hydroxyl groups is 1. The molecule has 1 atom stereocenters. The van der Waals surface area contributed by atoms with Gasteiger partial charge in [-0.3, -0.25) is 0 Å². The van der Waals surface area contributed by atoms with E-state index in [-0.39, 0.29) is 19.6 Å². The predicted octanol–water partition coefficient (Wildman–Crippen LogP) is 3.05. The molecule has 0 amide bonds. The zero-order valence-corrected chi connectivity index (χ0v) is 16.2. The van der Waals surface area contributed by atoms with Gasteiger partial charge in [0.2, 0.25) is 5.90 Å². The van der Waals surface area contributed by atoms with E-state index in [9.17, 15) is 9.90 Å². The summed E-state index contributed by atoms with van der Waals surface area (Å²) in [6, 6.07) is 14.6. The highest BCUT2D eigenvalue weighted by atomic mass is 79.9. The van der Waals surface area contributed by atoms with Crippen LogP contribution in [-0.2, 0) is 16.0 Å². The van der Waals surface area contributed by atoms with E-state index >= 15 is 0 Å². The van der Waals surface area contributed by atoms with Gasteiger partial charge >= 0.3 is 5.97 Å². The molecule has 0 fully saturated rings. The van der Waals surface area contributed by atoms with E-state index in [4.69, 9.17) is 14.6 Å². The van der Waals surface area contributed by atoms with Gasteiger partial charge in [-0.05, 0) is 42.0 Å². The molecular formula is C20H20BrNO5. The molecule has 2 aromatic rings. The first kappa shape index (κ1) is 19.4. The first-order valence-electron chi connectivity index (χ1n) is 8.57. The Balaban J connectivity index is 1.77. The number of carbonyl (C=O) groups is 1. The molecule has 0 unspecified atom stereocenters. The van der Waals surface area contributed by atoms with Gasteiger partial charge in [0.15, 0.2) is 5.54 Å². The van der Waals surface area contributed by atoms with E-state index in [1.165, 1.54) is 0 Å². The summed E-state index contributed by atoms with van der Waals surface area (Å²) in [7, 11) is 0. The summed E-state index contributed by atoms with van der Waals surface area (Å²) in [5.41, 5.74) is 0.240. The Morgan fingerprint density at radius 2 is 1.89 bits per heavy atom. The molecule has 0 bridgehead atoms. The van der Waals surface area contributed by atoms with Gasteiger partial charge < -0.3 is 19.7 Å². The van der Waals surface area contributed by atoms with Crippen molar-refractivity contribution in [1.29, 1.82) is 0 Å². The van der Waals surface area contributed by atoms with Gasteiger partial charge in [-0.15, -0.1) is 0 Å². The molecule has 1 aliphatic heterocycles. The number of carboxylic acid groups (broad SMARTS) is 1. The van der Waals surface area contributed by atoms with Crippen LogP contribution in [0.15, 0.2) is 58.0 Å². The lowest BCUT2D eigenvalue weighted by atomic mass is 9.93. The van der Waals surface area contributed by atoms with Gasteiger partial charge in [-0.25, -0.2) is 9.79 Å². The number of carboxylic acids is 1. The third kappa shape index (κ3) is 4.67. The van der Waals surface area contributed by atoms with Gasteiger partial charge in [0.05, 0.1) is 6.61 Å². The smallest absolute Gasteiger partial charge is 0.335 e. The summed E-state index contributed by atoms with van der Waals surface area (Å²) >= 11 is 3.37. The molecule has 1 aliphatic rings. The second-order valence-electron chi connectivity index (χ2n) is 6.30. The standard InChI is InChI=1S/C20H20BrNO5/c21-16-6-2-14(3-7-16)12-20(19(24)25)13-27-18(22-20)15-4-8-17(9-5-15)26-11-1-10-23/h2-9,23H,1,10-13H2,(H,24,25)/t20-/m1/s1. The molecule has 0 saturated carbocycles. The van der Waals surface area contributed by atoms with Gasteiger partial charge in [0, 0.05) is 29.5 Å². The van der Waals surface area contributed by atoms with Crippen LogP contribution in [0.1, 0.15) is 17.5 Å². The van der Waals surface area contributed by atoms with Crippen molar-refractivity contribution in [2.45, 2.75) is 18.4 Å². The van der Waals surface area contributed by atoms with Crippen molar-refractivity contribution in [3.63, 3.8) is 0 Å². The number of rotatable bonds is 8. The number of aliphatic imine (C=N–C) groups is 1. The molecule has 6 nitrogen and oxygen atoms in total. The zero-order chi connectivity index (χ0) is 19.3. The normalized spacial score (nSPS) is 18.7. The van der Waals surface area contributed by atoms with Crippen LogP contribution in [0.5, 0.6) is 5.75 Å². The number of hydrogen-bond acceptors (Lipinski definition) is 5. The molecule has 2 aromatic carbocycles. The molecule has 1 heterocycles. The van der Waals surface area contributed by atoms with Gasteiger partial charge in [0.1, 0.15) is 12.4 Å². The predicted molar refractivity (Wildman–Crippen MR) is 104 cm³/mol. The molecule has 0 aromatic heterocycles. The first-order valence-corrected chi connectivity index (χ1v) is 9.36. The molecule has 27 heavy (non-hydrogen) atoms. The highest BCUT2D eigenvalue weighted by Gasteiger charge is 2.44. The van der Waals surface area contributed by atoms with Crippen LogP contribution in [0, 0.1) is 0 Å². The Morgan fingerprint density at radius 3 is 2.52 bits per heavy atom. The Hall–Kier alpha value is -2.38. The average molecular weight is 434 g/mol. The number of halogens is 1. The molecule has 7 heteroatoms. The maximum absolute atomic E-state index is 11.9. The molecule has 142 valence electrons. The molecule has 0 saturated heterocycles. The van der Waals surface area contributed by atoms with Crippen molar-refractivity contribution in [1.82, 2.24) is 0 Å². The van der Waals surface area contributed by atoms with Crippen LogP contribution < -0.4 is 4.74 Å². The van der Waals surface area contributed by atoms with E-state index in [1.54, 1.807) is 24.3 Å². The lowest BCUT2D eigenvalue weighted by Gasteiger charge is -2.18. The van der Waals surface area contributed by atoms with Gasteiger partial charge in [-0.1, -0.05) is 28.1 Å². The topological polar surface area (TPSA) is 88.4 Å². The Morgan fingerprint density at radius 1 is 1.19 bits per heavy atom. The molecule has 0 radical (unpaired) electrons. The molecule has 0 spiro atoms. The van der Waals surface area contributed by atoms with Crippen molar-refractivity contribution in [3.8, 4) is 5.75 Å². The number of benzene rings is 2. The highest BCUT2D eigenvalue weighted by molar-refractivity contribution is 9.10. The lowest BCUT2D eigenvalue weighted by Crippen LogP contribution is -2.40. The van der Waals surface area contributed by atoms with Crippen LogP contribution in [0.4, 0.5) is 0 Å². The van der Waals surface area contributed by atoms with Crippen molar-refractivity contribution >= 4 is 27.8 Å². The highest BCUT2D eigenvalue weighted by Crippen LogP contribution is 2.28. The van der Waals surface area contributed by atoms with Gasteiger partial charge in [-0.2, -0.15) is 0 Å². The third-order valence-electron chi connectivity index (χ3n) is 4.24. The summed E-state index contributed by atoms with van der Waals surface area (Å²) in [5, 5.41) is 18.6. The summed E-state index contributed by atoms with van der Waals surface area (Å²) in [6.45, 7) is 0.503. The van der Waals surface area contributed by atoms with Crippen LogP contribution in [0.25, 0.3) is 0 Å². The SMILES string of the molecule is O=C(O)[C@@]1(Cc2ccc(Br)cc2)COC(c2ccc(OCCCO)cc2)=N1. The van der Waals surface area contributed by atoms with Crippen molar-refractivity contribution in [2.75, 3.05) is 19.8 Å². The fourth-order valence-corrected chi connectivity index (χ4v) is 3.02. The van der Waals surface area contributed by atoms with Crippen molar-refractivity contribution in [3.05, 3.63) is 64.1 Å². The fourth-order valence-electron chi connectivity index (χ4n) is 2.76. The van der Waals surface area contributed by atoms with Crippen LogP contribution in [-0.4, -0.2) is 47.4 Å². The maximum atomic E-state index is 11.9. The molecule has 2 N–H and O–H groups in total. The minimum atomic E-state index is -1.33. The van der Waals surface area contributed by atoms with Crippen LogP contribution >= 0.6 is 15.9 Å². The van der Waals surface area contributed by atoms with E-state index in [0.29, 0.717) is 30.2 Å². The lowest BCUT2D eigenvalue weighted by molar-refractivity contribution is -0.143. The number of aliphatic carboxylic acids is 1. The fraction of sp³-hybridized carbons (Fsp3) is 0.300. The van der Waals surface area contributed by atoms with Crippen molar-refractivity contribution in [2.24, 2.45) is 4.99 Å². The number of ether oxygens (including phenoxy) is 2. The Kier molecular flexibility index (Phi) is 6.13. The number of aliphatic hydroxyl groups excluding tert-OH is 1. The van der Waals surface area contributed by atoms with Gasteiger partial charge in [0.25, 0.3) is 0 Å². The third-order valence-corrected chi connectivity index (χ3v) is 4.77. The van der Waals surface area contributed by atoms with Crippen LogP contribution in [0.3, 0.4) is 0 Å². The van der Waals surface area contributed by atoms with E-state index in [2.05, 4.69) is 20.9 Å². The summed E-state index contributed by atoms with van der Waals surface area (Å²) < 4.78 is 12.1. The zero-order valence-electron chi connectivity index (χ0n) is 14.6. The molecule has 0 aliphatic carbocycles. The van der Waals surface area contributed by atoms with Crippen LogP contribution in [0.2, 0.25) is 0 Å². The Bertz CT molecular complexity index is 819. The molecular weight excluding hydrogens is 414 g/mol. The van der Waals surface area contributed by atoms with E-state index < -0.39 is 11.5 Å². The first-order chi connectivity index (χ1) is 13.0. The van der Waals surface area contributed by atoms with E-state index in [0.717, 1.165) is 10.0 Å². The minimum absolute atomic E-state index is 0.0114. The molecule has 3 rings (SSSR count). The average Bonchev–Trinajstić information content (AvgIpc) is 3.10. The summed E-state index contributed by atoms with van der Waals surface area (Å²) in [6.07, 6.45) is 0.816. The van der Waals surface area contributed by atoms with Crippen molar-refractivity contribution < 1.29 is 24.5 Å². The minimum Gasteiger partial charge on any atom is -0.494 e. The Labute approximate surface area is 165 Å². The second kappa shape index (κ2) is 8.54. The summed E-state index contributed by atoms with van der Waals surface area (Å²) in [5.74, 6) is -0.0223.